The van der Waals surface area contributed by atoms with Gasteiger partial charge < -0.3 is 10.2 Å². The van der Waals surface area contributed by atoms with Crippen LogP contribution < -0.4 is 10.2 Å². The molecule has 0 radical (unpaired) electrons. The van der Waals surface area contributed by atoms with Gasteiger partial charge in [0.15, 0.2) is 9.84 Å². The highest BCUT2D eigenvalue weighted by atomic mass is 35.5. The average Bonchev–Trinajstić information content (AvgIpc) is 3.26. The zero-order valence-electron chi connectivity index (χ0n) is 17.0. The Hall–Kier alpha value is -2.46. The van der Waals surface area contributed by atoms with E-state index in [9.17, 15) is 22.4 Å². The first-order valence-electron chi connectivity index (χ1n) is 9.84. The second-order valence-corrected chi connectivity index (χ2v) is 11.0. The van der Waals surface area contributed by atoms with E-state index < -0.39 is 26.8 Å². The number of carbonyl (C=O) groups excluding carboxylic acids is 2. The van der Waals surface area contributed by atoms with Gasteiger partial charge >= 0.3 is 0 Å². The fourth-order valence-electron chi connectivity index (χ4n) is 4.16. The van der Waals surface area contributed by atoms with Crippen LogP contribution in [-0.4, -0.2) is 48.1 Å². The van der Waals surface area contributed by atoms with Crippen LogP contribution in [0.5, 0.6) is 0 Å². The maximum atomic E-state index is 13.4. The van der Waals surface area contributed by atoms with E-state index in [-0.39, 0.29) is 35.7 Å². The molecule has 0 aliphatic carbocycles. The quantitative estimate of drug-likeness (QED) is 0.741. The van der Waals surface area contributed by atoms with Crippen LogP contribution in [0.25, 0.3) is 0 Å². The lowest BCUT2D eigenvalue weighted by Crippen LogP contribution is -2.37. The molecule has 1 N–H and O–H groups in total. The van der Waals surface area contributed by atoms with Crippen molar-refractivity contribution in [2.24, 2.45) is 11.8 Å². The number of nitrogens with zero attached hydrogens (tertiary/aromatic N) is 3. The van der Waals surface area contributed by atoms with E-state index in [0.717, 1.165) is 11.9 Å². The number of rotatable bonds is 4. The van der Waals surface area contributed by atoms with Crippen LogP contribution in [0.2, 0.25) is 5.02 Å². The van der Waals surface area contributed by atoms with Crippen molar-refractivity contribution in [2.75, 3.05) is 23.0 Å². The summed E-state index contributed by atoms with van der Waals surface area (Å²) >= 11 is 5.80. The minimum atomic E-state index is -3.35. The van der Waals surface area contributed by atoms with Gasteiger partial charge in [-0.05, 0) is 24.1 Å². The van der Waals surface area contributed by atoms with Crippen LogP contribution in [0.1, 0.15) is 19.0 Å². The molecule has 3 heterocycles. The smallest absolute Gasteiger partial charge is 0.228 e. The van der Waals surface area contributed by atoms with E-state index in [0.29, 0.717) is 24.3 Å². The number of carbonyl (C=O) groups is 2. The van der Waals surface area contributed by atoms with E-state index in [4.69, 9.17) is 11.6 Å². The predicted molar refractivity (Wildman–Crippen MR) is 114 cm³/mol. The summed E-state index contributed by atoms with van der Waals surface area (Å²) in [6.07, 6.45) is 2.97. The Bertz CT molecular complexity index is 1170. The molecule has 166 valence electrons. The molecule has 2 aliphatic heterocycles. The minimum Gasteiger partial charge on any atom is -0.326 e. The Kier molecular flexibility index (Phi) is 5.55. The number of aromatic nitrogens is 2. The highest BCUT2D eigenvalue weighted by Gasteiger charge is 2.40. The molecule has 31 heavy (non-hydrogen) atoms. The van der Waals surface area contributed by atoms with E-state index >= 15 is 0 Å². The van der Waals surface area contributed by atoms with Crippen LogP contribution in [0.4, 0.5) is 15.8 Å². The fourth-order valence-corrected chi connectivity index (χ4v) is 5.20. The fraction of sp³-hybridized carbons (Fsp3) is 0.450. The summed E-state index contributed by atoms with van der Waals surface area (Å²) in [5.74, 6) is -1.52. The monoisotopic (exact) mass is 468 g/mol. The molecule has 0 spiro atoms. The lowest BCUT2D eigenvalue weighted by Gasteiger charge is -2.30. The molecule has 1 fully saturated rings. The first-order chi connectivity index (χ1) is 14.5. The van der Waals surface area contributed by atoms with Crippen molar-refractivity contribution < 1.29 is 22.4 Å². The number of sulfone groups is 1. The number of anilines is 2. The second kappa shape index (κ2) is 7.90. The van der Waals surface area contributed by atoms with Gasteiger partial charge in [0.25, 0.3) is 0 Å². The van der Waals surface area contributed by atoms with Crippen LogP contribution >= 0.6 is 11.6 Å². The van der Waals surface area contributed by atoms with Gasteiger partial charge in [-0.1, -0.05) is 18.5 Å². The third-order valence-electron chi connectivity index (χ3n) is 6.00. The molecule has 1 aromatic heterocycles. The normalized spacial score (nSPS) is 23.7. The molecule has 4 rings (SSSR count). The summed E-state index contributed by atoms with van der Waals surface area (Å²) in [5, 5.41) is 6.30. The predicted octanol–water partition coefficient (Wildman–Crippen LogP) is 2.27. The van der Waals surface area contributed by atoms with Crippen LogP contribution in [-0.2, 0) is 32.4 Å². The lowest BCUT2D eigenvalue weighted by atomic mass is 9.85. The number of halogens is 2. The molecule has 0 bridgehead atoms. The van der Waals surface area contributed by atoms with Gasteiger partial charge in [-0.25, -0.2) is 12.8 Å². The Morgan fingerprint density at radius 1 is 1.29 bits per heavy atom. The SMILES string of the molecule is C[C@@H]1Cn2ncc(N3CC(S(C)(=O)=O)CC3=O)c2CC1C(=O)Nc1ccc(F)c(Cl)c1. The largest absolute Gasteiger partial charge is 0.326 e. The average molecular weight is 469 g/mol. The van der Waals surface area contributed by atoms with E-state index in [1.165, 1.54) is 23.1 Å². The summed E-state index contributed by atoms with van der Waals surface area (Å²) in [7, 11) is -3.35. The van der Waals surface area contributed by atoms with Gasteiger partial charge in [0, 0.05) is 43.8 Å². The Labute approximate surface area is 184 Å². The van der Waals surface area contributed by atoms with Gasteiger partial charge in [-0.3, -0.25) is 14.3 Å². The Morgan fingerprint density at radius 3 is 2.68 bits per heavy atom. The van der Waals surface area contributed by atoms with Crippen molar-refractivity contribution >= 4 is 44.6 Å². The molecule has 0 saturated carbocycles. The summed E-state index contributed by atoms with van der Waals surface area (Å²) in [6.45, 7) is 2.50. The summed E-state index contributed by atoms with van der Waals surface area (Å²) in [5.41, 5.74) is 1.66. The Balaban J connectivity index is 1.55. The topological polar surface area (TPSA) is 101 Å². The van der Waals surface area contributed by atoms with Gasteiger partial charge in [0.2, 0.25) is 11.8 Å². The maximum absolute atomic E-state index is 13.4. The van der Waals surface area contributed by atoms with Crippen molar-refractivity contribution in [2.45, 2.75) is 31.6 Å². The number of benzene rings is 1. The third-order valence-corrected chi connectivity index (χ3v) is 7.81. The van der Waals surface area contributed by atoms with Gasteiger partial charge in [0.1, 0.15) is 5.82 Å². The van der Waals surface area contributed by atoms with Crippen LogP contribution in [0, 0.1) is 17.7 Å². The number of fused-ring (bicyclic) bond motifs is 1. The molecular formula is C20H22ClFN4O4S. The first kappa shape index (κ1) is 21.8. The zero-order valence-corrected chi connectivity index (χ0v) is 18.6. The standard InChI is InChI=1S/C20H22ClFN4O4S/c1-11-9-26-17(7-14(11)20(28)24-12-3-4-16(22)15(21)5-12)18(8-23-26)25-10-13(6-19(25)27)31(2,29)30/h3-5,8,11,13-14H,6-7,9-10H2,1-2H3,(H,24,28)/t11-,13?,14?/m1/s1. The van der Waals surface area contributed by atoms with Crippen molar-refractivity contribution in [3.63, 3.8) is 0 Å². The number of hydrogen-bond acceptors (Lipinski definition) is 5. The van der Waals surface area contributed by atoms with Gasteiger partial charge in [0.05, 0.1) is 27.9 Å². The molecular weight excluding hydrogens is 447 g/mol. The minimum absolute atomic E-state index is 0.0331. The molecule has 2 aromatic rings. The Morgan fingerprint density at radius 2 is 2.03 bits per heavy atom. The highest BCUT2D eigenvalue weighted by Crippen LogP contribution is 2.35. The molecule has 2 amide bonds. The molecule has 1 saturated heterocycles. The summed E-state index contributed by atoms with van der Waals surface area (Å²) in [4.78, 5) is 26.9. The number of hydrogen-bond donors (Lipinski definition) is 1. The summed E-state index contributed by atoms with van der Waals surface area (Å²) in [6, 6.07) is 3.98. The molecule has 11 heteroatoms. The zero-order chi connectivity index (χ0) is 22.5. The molecule has 2 aliphatic rings. The van der Waals surface area contributed by atoms with Gasteiger partial charge in [-0.15, -0.1) is 0 Å². The van der Waals surface area contributed by atoms with Crippen molar-refractivity contribution in [1.82, 2.24) is 9.78 Å². The van der Waals surface area contributed by atoms with E-state index in [2.05, 4.69) is 10.4 Å². The number of nitrogens with one attached hydrogen (secondary N) is 1. The van der Waals surface area contributed by atoms with Crippen LogP contribution in [0.3, 0.4) is 0 Å². The van der Waals surface area contributed by atoms with Crippen molar-refractivity contribution in [1.29, 1.82) is 0 Å². The lowest BCUT2D eigenvalue weighted by molar-refractivity contribution is -0.122. The van der Waals surface area contributed by atoms with Crippen LogP contribution in [0.15, 0.2) is 24.4 Å². The van der Waals surface area contributed by atoms with E-state index in [1.807, 2.05) is 6.92 Å². The molecule has 2 unspecified atom stereocenters. The molecule has 3 atom stereocenters. The highest BCUT2D eigenvalue weighted by molar-refractivity contribution is 7.91. The van der Waals surface area contributed by atoms with Crippen molar-refractivity contribution in [3.8, 4) is 0 Å². The third kappa shape index (κ3) is 4.18. The summed E-state index contributed by atoms with van der Waals surface area (Å²) < 4.78 is 38.9. The van der Waals surface area contributed by atoms with Crippen molar-refractivity contribution in [3.05, 3.63) is 40.9 Å². The second-order valence-electron chi connectivity index (χ2n) is 8.22. The van der Waals surface area contributed by atoms with Gasteiger partial charge in [-0.2, -0.15) is 5.10 Å². The number of amides is 2. The van der Waals surface area contributed by atoms with E-state index in [1.54, 1.807) is 10.9 Å². The maximum Gasteiger partial charge on any atom is 0.228 e. The molecule has 1 aromatic carbocycles. The molecule has 8 nitrogen and oxygen atoms in total. The first-order valence-corrected chi connectivity index (χ1v) is 12.2.